The van der Waals surface area contributed by atoms with Crippen LogP contribution in [0.1, 0.15) is 42.8 Å². The molecule has 3 aromatic rings. The van der Waals surface area contributed by atoms with Crippen molar-refractivity contribution in [1.82, 2.24) is 9.55 Å². The molecule has 0 amide bonds. The van der Waals surface area contributed by atoms with Gasteiger partial charge in [0.05, 0.1) is 17.6 Å². The van der Waals surface area contributed by atoms with Crippen LogP contribution < -0.4 is 4.74 Å². The Kier molecular flexibility index (Phi) is 5.39. The normalized spacial score (nSPS) is 12.5. The molecule has 0 saturated carbocycles. The van der Waals surface area contributed by atoms with Gasteiger partial charge in [-0.2, -0.15) is 0 Å². The van der Waals surface area contributed by atoms with Gasteiger partial charge in [0.2, 0.25) is 0 Å². The third kappa shape index (κ3) is 3.85. The fraction of sp³-hybridized carbons (Fsp3) is 0.381. The molecule has 0 spiro atoms. The number of aromatic nitrogens is 2. The Morgan fingerprint density at radius 3 is 2.72 bits per heavy atom. The minimum absolute atomic E-state index is 0.535. The van der Waals surface area contributed by atoms with Gasteiger partial charge < -0.3 is 14.4 Å². The molecule has 0 fully saturated rings. The van der Waals surface area contributed by atoms with Crippen molar-refractivity contribution in [3.8, 4) is 5.75 Å². The van der Waals surface area contributed by atoms with E-state index < -0.39 is 6.10 Å². The molecule has 1 heterocycles. The van der Waals surface area contributed by atoms with Gasteiger partial charge in [0.25, 0.3) is 0 Å². The lowest BCUT2D eigenvalue weighted by Gasteiger charge is -2.14. The first-order valence-electron chi connectivity index (χ1n) is 8.93. The minimum Gasteiger partial charge on any atom is -0.493 e. The van der Waals surface area contributed by atoms with Gasteiger partial charge >= 0.3 is 0 Å². The number of aliphatic hydroxyl groups is 1. The molecule has 4 heteroatoms. The summed E-state index contributed by atoms with van der Waals surface area (Å²) in [6.07, 6.45) is 0.979. The van der Waals surface area contributed by atoms with Crippen LogP contribution in [-0.4, -0.2) is 21.3 Å². The van der Waals surface area contributed by atoms with Crippen LogP contribution in [0.5, 0.6) is 5.75 Å². The molecule has 0 aliphatic carbocycles. The van der Waals surface area contributed by atoms with Crippen molar-refractivity contribution in [1.29, 1.82) is 0 Å². The number of nitrogens with zero attached hydrogens (tertiary/aromatic N) is 2. The maximum absolute atomic E-state index is 10.3. The molecule has 2 aromatic carbocycles. The number of imidazole rings is 1. The van der Waals surface area contributed by atoms with Crippen LogP contribution >= 0.6 is 0 Å². The highest BCUT2D eigenvalue weighted by Gasteiger charge is 2.16. The number of aliphatic hydroxyl groups excluding tert-OH is 1. The number of rotatable bonds is 7. The summed E-state index contributed by atoms with van der Waals surface area (Å²) in [6, 6.07) is 14.3. The number of ether oxygens (including phenoxy) is 1. The van der Waals surface area contributed by atoms with Gasteiger partial charge in [-0.25, -0.2) is 4.98 Å². The quantitative estimate of drug-likeness (QED) is 0.642. The maximum Gasteiger partial charge on any atom is 0.138 e. The molecule has 1 aromatic heterocycles. The van der Waals surface area contributed by atoms with Gasteiger partial charge in [-0.05, 0) is 50.5 Å². The smallest absolute Gasteiger partial charge is 0.138 e. The van der Waals surface area contributed by atoms with Gasteiger partial charge in [0, 0.05) is 6.54 Å². The van der Waals surface area contributed by atoms with Crippen LogP contribution in [0, 0.1) is 13.8 Å². The highest BCUT2D eigenvalue weighted by molar-refractivity contribution is 5.76. The van der Waals surface area contributed by atoms with Gasteiger partial charge in [0.15, 0.2) is 0 Å². The second-order valence-corrected chi connectivity index (χ2v) is 6.51. The lowest BCUT2D eigenvalue weighted by Crippen LogP contribution is -2.11. The SMILES string of the molecule is CC[C@H](O)c1nc2ccccc2n1CCCOc1ccc(C)cc1C. The summed E-state index contributed by atoms with van der Waals surface area (Å²) in [5.41, 5.74) is 4.40. The Morgan fingerprint density at radius 2 is 1.96 bits per heavy atom. The zero-order valence-corrected chi connectivity index (χ0v) is 15.2. The number of hydrogen-bond acceptors (Lipinski definition) is 3. The lowest BCUT2D eigenvalue weighted by atomic mass is 10.1. The zero-order chi connectivity index (χ0) is 17.8. The van der Waals surface area contributed by atoms with E-state index in [0.29, 0.717) is 13.0 Å². The van der Waals surface area contributed by atoms with Gasteiger partial charge in [0.1, 0.15) is 17.7 Å². The van der Waals surface area contributed by atoms with Crippen molar-refractivity contribution in [2.75, 3.05) is 6.61 Å². The van der Waals surface area contributed by atoms with E-state index in [2.05, 4.69) is 41.6 Å². The van der Waals surface area contributed by atoms with E-state index in [1.807, 2.05) is 31.2 Å². The van der Waals surface area contributed by atoms with Crippen LogP contribution in [0.4, 0.5) is 0 Å². The number of hydrogen-bond donors (Lipinski definition) is 1. The standard InChI is InChI=1S/C21H26N2O2/c1-4-19(24)21-22-17-8-5-6-9-18(17)23(21)12-7-13-25-20-11-10-15(2)14-16(20)3/h5-6,8-11,14,19,24H,4,7,12-13H2,1-3H3/t19-/m0/s1. The molecule has 0 saturated heterocycles. The molecule has 3 rings (SSSR count). The number of aryl methyl sites for hydroxylation is 3. The van der Waals surface area contributed by atoms with E-state index in [1.165, 1.54) is 5.56 Å². The predicted molar refractivity (Wildman–Crippen MR) is 101 cm³/mol. The van der Waals surface area contributed by atoms with E-state index in [1.54, 1.807) is 0 Å². The Bertz CT molecular complexity index is 854. The van der Waals surface area contributed by atoms with Crippen LogP contribution in [0.25, 0.3) is 11.0 Å². The molecule has 25 heavy (non-hydrogen) atoms. The fourth-order valence-electron chi connectivity index (χ4n) is 3.13. The summed E-state index contributed by atoms with van der Waals surface area (Å²) in [7, 11) is 0. The van der Waals surface area contributed by atoms with Gasteiger partial charge in [-0.15, -0.1) is 0 Å². The summed E-state index contributed by atoms with van der Waals surface area (Å²) in [6.45, 7) is 7.54. The second kappa shape index (κ2) is 7.70. The highest BCUT2D eigenvalue weighted by Crippen LogP contribution is 2.23. The summed E-state index contributed by atoms with van der Waals surface area (Å²) in [5.74, 6) is 1.69. The van der Waals surface area contributed by atoms with Crippen LogP contribution in [0.3, 0.4) is 0 Å². The van der Waals surface area contributed by atoms with Gasteiger partial charge in [-0.1, -0.05) is 36.8 Å². The Labute approximate surface area is 149 Å². The Morgan fingerprint density at radius 1 is 1.16 bits per heavy atom. The van der Waals surface area contributed by atoms with E-state index in [0.717, 1.165) is 41.1 Å². The average molecular weight is 338 g/mol. The second-order valence-electron chi connectivity index (χ2n) is 6.51. The van der Waals surface area contributed by atoms with Crippen LogP contribution in [0.15, 0.2) is 42.5 Å². The average Bonchev–Trinajstić information content (AvgIpc) is 2.98. The summed E-state index contributed by atoms with van der Waals surface area (Å²) >= 11 is 0. The highest BCUT2D eigenvalue weighted by atomic mass is 16.5. The number of fused-ring (bicyclic) bond motifs is 1. The molecular formula is C21H26N2O2. The van der Waals surface area contributed by atoms with Crippen molar-refractivity contribution in [2.24, 2.45) is 0 Å². The van der Waals surface area contributed by atoms with E-state index in [4.69, 9.17) is 4.74 Å². The summed E-state index contributed by atoms with van der Waals surface area (Å²) in [5, 5.41) is 10.3. The maximum atomic E-state index is 10.3. The van der Waals surface area contributed by atoms with Gasteiger partial charge in [-0.3, -0.25) is 0 Å². The first-order chi connectivity index (χ1) is 12.1. The third-order valence-corrected chi connectivity index (χ3v) is 4.48. The molecule has 0 radical (unpaired) electrons. The monoisotopic (exact) mass is 338 g/mol. The summed E-state index contributed by atoms with van der Waals surface area (Å²) < 4.78 is 8.05. The fourth-order valence-corrected chi connectivity index (χ4v) is 3.13. The molecule has 0 aliphatic heterocycles. The molecule has 1 atom stereocenters. The minimum atomic E-state index is -0.535. The number of para-hydroxylation sites is 2. The molecule has 1 N–H and O–H groups in total. The summed E-state index contributed by atoms with van der Waals surface area (Å²) in [4.78, 5) is 4.62. The lowest BCUT2D eigenvalue weighted by molar-refractivity contribution is 0.158. The topological polar surface area (TPSA) is 47.3 Å². The van der Waals surface area contributed by atoms with E-state index in [-0.39, 0.29) is 0 Å². The Balaban J connectivity index is 1.70. The van der Waals surface area contributed by atoms with Crippen molar-refractivity contribution in [3.05, 3.63) is 59.4 Å². The van der Waals surface area contributed by atoms with Crippen molar-refractivity contribution in [3.63, 3.8) is 0 Å². The molecule has 0 bridgehead atoms. The van der Waals surface area contributed by atoms with Crippen molar-refractivity contribution >= 4 is 11.0 Å². The third-order valence-electron chi connectivity index (χ3n) is 4.48. The molecule has 0 unspecified atom stereocenters. The first-order valence-corrected chi connectivity index (χ1v) is 8.93. The number of benzene rings is 2. The predicted octanol–water partition coefficient (Wildman–Crippen LogP) is 4.57. The molecule has 132 valence electrons. The van der Waals surface area contributed by atoms with Crippen LogP contribution in [-0.2, 0) is 6.54 Å². The largest absolute Gasteiger partial charge is 0.493 e. The molecule has 4 nitrogen and oxygen atoms in total. The van der Waals surface area contributed by atoms with Crippen molar-refractivity contribution in [2.45, 2.75) is 46.3 Å². The van der Waals surface area contributed by atoms with E-state index >= 15 is 0 Å². The zero-order valence-electron chi connectivity index (χ0n) is 15.2. The molecular weight excluding hydrogens is 312 g/mol. The molecule has 0 aliphatic rings. The van der Waals surface area contributed by atoms with E-state index in [9.17, 15) is 5.11 Å². The van der Waals surface area contributed by atoms with Crippen molar-refractivity contribution < 1.29 is 9.84 Å². The van der Waals surface area contributed by atoms with Crippen LogP contribution in [0.2, 0.25) is 0 Å². The Hall–Kier alpha value is -2.33. The first kappa shape index (κ1) is 17.5.